The van der Waals surface area contributed by atoms with Crippen LogP contribution in [0.4, 0.5) is 0 Å². The SMILES string of the molecule is CN1CCN(CCNCCCC2CCCC2)CC1. The van der Waals surface area contributed by atoms with E-state index in [0.717, 1.165) is 5.92 Å². The Balaban J connectivity index is 1.39. The number of hydrogen-bond donors (Lipinski definition) is 1. The molecule has 0 bridgehead atoms. The second-order valence-corrected chi connectivity index (χ2v) is 6.19. The molecule has 0 atom stereocenters. The summed E-state index contributed by atoms with van der Waals surface area (Å²) in [5.41, 5.74) is 0. The second kappa shape index (κ2) is 8.13. The molecule has 1 saturated carbocycles. The molecular weight excluding hydrogens is 222 g/mol. The summed E-state index contributed by atoms with van der Waals surface area (Å²) in [5.74, 6) is 1.06. The zero-order valence-corrected chi connectivity index (χ0v) is 12.2. The molecule has 0 aromatic carbocycles. The molecule has 2 aliphatic rings. The molecule has 1 aliphatic carbocycles. The van der Waals surface area contributed by atoms with E-state index < -0.39 is 0 Å². The monoisotopic (exact) mass is 253 g/mol. The van der Waals surface area contributed by atoms with Crippen molar-refractivity contribution in [3.8, 4) is 0 Å². The van der Waals surface area contributed by atoms with Crippen molar-refractivity contribution in [3.63, 3.8) is 0 Å². The minimum Gasteiger partial charge on any atom is -0.315 e. The Morgan fingerprint density at radius 3 is 2.44 bits per heavy atom. The molecular formula is C15H31N3. The van der Waals surface area contributed by atoms with Crippen LogP contribution >= 0.6 is 0 Å². The van der Waals surface area contributed by atoms with Crippen LogP contribution in [0, 0.1) is 5.92 Å². The lowest BCUT2D eigenvalue weighted by atomic mass is 10.0. The molecule has 0 amide bonds. The molecule has 18 heavy (non-hydrogen) atoms. The first-order valence-corrected chi connectivity index (χ1v) is 7.96. The van der Waals surface area contributed by atoms with Crippen molar-refractivity contribution >= 4 is 0 Å². The molecule has 3 heteroatoms. The number of likely N-dealkylation sites (N-methyl/N-ethyl adjacent to an activating group) is 1. The fraction of sp³-hybridized carbons (Fsp3) is 1.00. The topological polar surface area (TPSA) is 18.5 Å². The Bertz CT molecular complexity index is 206. The Labute approximate surface area is 113 Å². The van der Waals surface area contributed by atoms with E-state index in [9.17, 15) is 0 Å². The van der Waals surface area contributed by atoms with Gasteiger partial charge in [-0.2, -0.15) is 0 Å². The summed E-state index contributed by atoms with van der Waals surface area (Å²) in [4.78, 5) is 5.01. The van der Waals surface area contributed by atoms with Gasteiger partial charge in [0.2, 0.25) is 0 Å². The number of nitrogens with zero attached hydrogens (tertiary/aromatic N) is 2. The molecule has 1 aliphatic heterocycles. The van der Waals surface area contributed by atoms with Gasteiger partial charge >= 0.3 is 0 Å². The predicted molar refractivity (Wildman–Crippen MR) is 78.0 cm³/mol. The van der Waals surface area contributed by atoms with Crippen molar-refractivity contribution in [1.82, 2.24) is 15.1 Å². The maximum absolute atomic E-state index is 3.61. The van der Waals surface area contributed by atoms with Gasteiger partial charge in [-0.15, -0.1) is 0 Å². The van der Waals surface area contributed by atoms with Gasteiger partial charge in [-0.3, -0.25) is 4.90 Å². The van der Waals surface area contributed by atoms with Crippen LogP contribution in [-0.2, 0) is 0 Å². The summed E-state index contributed by atoms with van der Waals surface area (Å²) in [5, 5.41) is 3.61. The largest absolute Gasteiger partial charge is 0.315 e. The van der Waals surface area contributed by atoms with Gasteiger partial charge in [0.05, 0.1) is 0 Å². The molecule has 2 fully saturated rings. The number of rotatable bonds is 7. The number of nitrogens with one attached hydrogen (secondary N) is 1. The molecule has 0 aromatic heterocycles. The van der Waals surface area contributed by atoms with Crippen LogP contribution in [0.25, 0.3) is 0 Å². The standard InChI is InChI=1S/C15H31N3/c1-17-11-13-18(14-12-17)10-9-16-8-4-7-15-5-2-3-6-15/h15-16H,2-14H2,1H3. The average molecular weight is 253 g/mol. The summed E-state index contributed by atoms with van der Waals surface area (Å²) >= 11 is 0. The van der Waals surface area contributed by atoms with Gasteiger partial charge in [0, 0.05) is 39.3 Å². The predicted octanol–water partition coefficient (Wildman–Crippen LogP) is 1.79. The van der Waals surface area contributed by atoms with Crippen LogP contribution in [0.2, 0.25) is 0 Å². The quantitative estimate of drug-likeness (QED) is 0.698. The van der Waals surface area contributed by atoms with Gasteiger partial charge in [-0.05, 0) is 32.4 Å². The van der Waals surface area contributed by atoms with Crippen molar-refractivity contribution in [2.24, 2.45) is 5.92 Å². The molecule has 1 saturated heterocycles. The highest BCUT2D eigenvalue weighted by Crippen LogP contribution is 2.28. The second-order valence-electron chi connectivity index (χ2n) is 6.19. The Morgan fingerprint density at radius 2 is 1.72 bits per heavy atom. The van der Waals surface area contributed by atoms with E-state index in [0.29, 0.717) is 0 Å². The highest BCUT2D eigenvalue weighted by molar-refractivity contribution is 4.70. The molecule has 2 rings (SSSR count). The van der Waals surface area contributed by atoms with Crippen molar-refractivity contribution in [1.29, 1.82) is 0 Å². The molecule has 0 unspecified atom stereocenters. The summed E-state index contributed by atoms with van der Waals surface area (Å²) in [7, 11) is 2.22. The van der Waals surface area contributed by atoms with Crippen LogP contribution in [0.1, 0.15) is 38.5 Å². The molecule has 3 nitrogen and oxygen atoms in total. The van der Waals surface area contributed by atoms with Crippen molar-refractivity contribution in [2.75, 3.05) is 52.9 Å². The Morgan fingerprint density at radius 1 is 1.00 bits per heavy atom. The van der Waals surface area contributed by atoms with Crippen molar-refractivity contribution < 1.29 is 0 Å². The van der Waals surface area contributed by atoms with E-state index in [1.165, 1.54) is 84.3 Å². The molecule has 1 heterocycles. The molecule has 106 valence electrons. The van der Waals surface area contributed by atoms with Gasteiger partial charge in [-0.1, -0.05) is 25.7 Å². The number of hydrogen-bond acceptors (Lipinski definition) is 3. The zero-order chi connectivity index (χ0) is 12.6. The lowest BCUT2D eigenvalue weighted by Crippen LogP contribution is -2.46. The Hall–Kier alpha value is -0.120. The molecule has 0 radical (unpaired) electrons. The molecule has 0 aromatic rings. The Kier molecular flexibility index (Phi) is 6.46. The maximum Gasteiger partial charge on any atom is 0.0110 e. The fourth-order valence-corrected chi connectivity index (χ4v) is 3.25. The number of piperazine rings is 1. The van der Waals surface area contributed by atoms with Crippen LogP contribution in [-0.4, -0.2) is 62.7 Å². The van der Waals surface area contributed by atoms with Crippen molar-refractivity contribution in [2.45, 2.75) is 38.5 Å². The smallest absolute Gasteiger partial charge is 0.0110 e. The average Bonchev–Trinajstić information content (AvgIpc) is 2.89. The van der Waals surface area contributed by atoms with Gasteiger partial charge in [-0.25, -0.2) is 0 Å². The van der Waals surface area contributed by atoms with Crippen LogP contribution in [0.5, 0.6) is 0 Å². The van der Waals surface area contributed by atoms with Crippen LogP contribution in [0.15, 0.2) is 0 Å². The lowest BCUT2D eigenvalue weighted by Gasteiger charge is -2.32. The summed E-state index contributed by atoms with van der Waals surface area (Å²) in [6.45, 7) is 8.61. The van der Waals surface area contributed by atoms with E-state index in [1.54, 1.807) is 0 Å². The summed E-state index contributed by atoms with van der Waals surface area (Å²) in [6, 6.07) is 0. The first-order chi connectivity index (χ1) is 8.84. The minimum atomic E-state index is 1.06. The van der Waals surface area contributed by atoms with Gasteiger partial charge < -0.3 is 10.2 Å². The third-order valence-corrected chi connectivity index (χ3v) is 4.64. The first-order valence-electron chi connectivity index (χ1n) is 7.96. The molecule has 0 spiro atoms. The molecule has 1 N–H and O–H groups in total. The summed E-state index contributed by atoms with van der Waals surface area (Å²) in [6.07, 6.45) is 8.82. The zero-order valence-electron chi connectivity index (χ0n) is 12.2. The summed E-state index contributed by atoms with van der Waals surface area (Å²) < 4.78 is 0. The normalized spacial score (nSPS) is 23.8. The third kappa shape index (κ3) is 5.25. The van der Waals surface area contributed by atoms with E-state index in [2.05, 4.69) is 22.2 Å². The van der Waals surface area contributed by atoms with E-state index >= 15 is 0 Å². The maximum atomic E-state index is 3.61. The van der Waals surface area contributed by atoms with Crippen molar-refractivity contribution in [3.05, 3.63) is 0 Å². The first kappa shape index (κ1) is 14.3. The van der Waals surface area contributed by atoms with Crippen LogP contribution < -0.4 is 5.32 Å². The minimum absolute atomic E-state index is 1.06. The van der Waals surface area contributed by atoms with Gasteiger partial charge in [0.25, 0.3) is 0 Å². The van der Waals surface area contributed by atoms with Crippen LogP contribution in [0.3, 0.4) is 0 Å². The highest BCUT2D eigenvalue weighted by Gasteiger charge is 2.14. The van der Waals surface area contributed by atoms with E-state index in [4.69, 9.17) is 0 Å². The van der Waals surface area contributed by atoms with Gasteiger partial charge in [0.1, 0.15) is 0 Å². The third-order valence-electron chi connectivity index (χ3n) is 4.64. The fourth-order valence-electron chi connectivity index (χ4n) is 3.25. The van der Waals surface area contributed by atoms with E-state index in [1.807, 2.05) is 0 Å². The van der Waals surface area contributed by atoms with E-state index in [-0.39, 0.29) is 0 Å². The lowest BCUT2D eigenvalue weighted by molar-refractivity contribution is 0.155. The van der Waals surface area contributed by atoms with Gasteiger partial charge in [0.15, 0.2) is 0 Å². The highest BCUT2D eigenvalue weighted by atomic mass is 15.2.